The van der Waals surface area contributed by atoms with Gasteiger partial charge in [-0.05, 0) is 113 Å². The van der Waals surface area contributed by atoms with Gasteiger partial charge in [-0.2, -0.15) is 0 Å². The van der Waals surface area contributed by atoms with E-state index in [0.717, 1.165) is 22.8 Å². The third-order valence-electron chi connectivity index (χ3n) is 9.38. The van der Waals surface area contributed by atoms with E-state index in [1.165, 1.54) is 97.6 Å². The number of halogens is 1. The molecule has 2 fully saturated rings. The third-order valence-corrected chi connectivity index (χ3v) is 13.4. The number of hydrogen-bond acceptors (Lipinski definition) is 0. The minimum atomic E-state index is -0.292. The molecule has 0 N–H and O–H groups in total. The van der Waals surface area contributed by atoms with Crippen molar-refractivity contribution in [1.29, 1.82) is 0 Å². The Balaban J connectivity index is 0.00000441. The number of rotatable bonds is 9. The molecule has 2 aromatic rings. The van der Waals surface area contributed by atoms with Crippen molar-refractivity contribution in [2.24, 2.45) is 0 Å². The van der Waals surface area contributed by atoms with Crippen LogP contribution in [0.25, 0.3) is 11.1 Å². The van der Waals surface area contributed by atoms with E-state index in [9.17, 15) is 0 Å². The second-order valence-electron chi connectivity index (χ2n) is 13.2. The Labute approximate surface area is 266 Å². The molecule has 0 saturated heterocycles. The molecule has 0 aliphatic heterocycles. The molecule has 0 amide bonds. The molecule has 0 nitrogen and oxygen atoms in total. The van der Waals surface area contributed by atoms with Crippen LogP contribution in [-0.4, -0.2) is 11.3 Å². The van der Waals surface area contributed by atoms with Crippen LogP contribution in [0.5, 0.6) is 0 Å². The van der Waals surface area contributed by atoms with Crippen LogP contribution in [0, 0.1) is 0 Å². The zero-order chi connectivity index (χ0) is 28.1. The molecule has 0 heterocycles. The van der Waals surface area contributed by atoms with Crippen molar-refractivity contribution < 1.29 is 20.4 Å². The Morgan fingerprint density at radius 1 is 0.775 bits per heavy atom. The predicted molar refractivity (Wildman–Crippen MR) is 178 cm³/mol. The second-order valence-corrected chi connectivity index (χ2v) is 16.4. The van der Waals surface area contributed by atoms with Crippen LogP contribution in [0.15, 0.2) is 36.4 Å². The van der Waals surface area contributed by atoms with Crippen LogP contribution in [0.2, 0.25) is 5.02 Å². The van der Waals surface area contributed by atoms with E-state index in [4.69, 9.17) is 11.6 Å². The maximum atomic E-state index is 7.19. The summed E-state index contributed by atoms with van der Waals surface area (Å²) in [5.41, 5.74) is 10.8. The summed E-state index contributed by atoms with van der Waals surface area (Å²) in [4.78, 5) is 0. The molecule has 2 saturated carbocycles. The summed E-state index contributed by atoms with van der Waals surface area (Å²) in [6.07, 6.45) is 19.7. The first kappa shape index (κ1) is 34.1. The normalized spacial score (nSPS) is 17.5. The average molecular weight is 672 g/mol. The first-order chi connectivity index (χ1) is 18.7. The van der Waals surface area contributed by atoms with Gasteiger partial charge in [0.1, 0.15) is 0 Å². The fourth-order valence-electron chi connectivity index (χ4n) is 7.19. The van der Waals surface area contributed by atoms with Crippen LogP contribution >= 0.6 is 19.5 Å². The minimum absolute atomic E-state index is 0. The maximum Gasteiger partial charge on any atom is 2.00 e. The van der Waals surface area contributed by atoms with Crippen molar-refractivity contribution in [2.75, 3.05) is 0 Å². The van der Waals surface area contributed by atoms with Gasteiger partial charge in [0, 0.05) is 5.02 Å². The smallest absolute Gasteiger partial charge is 0.0913 e. The molecule has 0 aromatic heterocycles. The van der Waals surface area contributed by atoms with Crippen molar-refractivity contribution in [2.45, 2.75) is 148 Å². The van der Waals surface area contributed by atoms with E-state index in [-0.39, 0.29) is 28.3 Å². The van der Waals surface area contributed by atoms with Crippen molar-refractivity contribution in [3.8, 4) is 11.1 Å². The van der Waals surface area contributed by atoms with E-state index >= 15 is 0 Å². The molecule has 3 heteroatoms. The summed E-state index contributed by atoms with van der Waals surface area (Å²) in [6, 6.07) is 9.77. The van der Waals surface area contributed by atoms with Gasteiger partial charge < -0.3 is 0 Å². The minimum Gasteiger partial charge on any atom is -0.0913 e. The van der Waals surface area contributed by atoms with Crippen LogP contribution < -0.4 is 5.30 Å². The first-order valence-electron chi connectivity index (χ1n) is 16.1. The summed E-state index contributed by atoms with van der Waals surface area (Å²) >= 11 is 7.19. The van der Waals surface area contributed by atoms with E-state index in [1.54, 1.807) is 5.30 Å². The van der Waals surface area contributed by atoms with Crippen LogP contribution in [0.4, 0.5) is 0 Å². The molecule has 0 atom stereocenters. The fourth-order valence-corrected chi connectivity index (χ4v) is 11.6. The molecule has 0 radical (unpaired) electrons. The Kier molecular flexibility index (Phi) is 13.5. The van der Waals surface area contributed by atoms with Crippen LogP contribution in [-0.2, 0) is 26.8 Å². The van der Waals surface area contributed by atoms with Gasteiger partial charge in [0.2, 0.25) is 0 Å². The molecular weight excluding hydrogens is 617 g/mol. The molecule has 2 aliphatic rings. The summed E-state index contributed by atoms with van der Waals surface area (Å²) in [5.74, 6) is 1.49. The number of allylic oxidation sites excluding steroid dienone is 2. The number of benzene rings is 2. The number of hydrogen-bond donors (Lipinski definition) is 0. The third kappa shape index (κ3) is 7.74. The average Bonchev–Trinajstić information content (AvgIpc) is 2.93. The van der Waals surface area contributed by atoms with Crippen molar-refractivity contribution >= 4 is 24.8 Å². The monoisotopic (exact) mass is 670 g/mol. The summed E-state index contributed by atoms with van der Waals surface area (Å²) < 4.78 is 0. The standard InChI is InChI=1S/C37H54ClP.Pd/c1-8-9-20-31-35(38)22-21-32(36-33(26(4)5)23-28(25(2)3)24-34(36)27(6)7)37(31)39(29-16-12-10-13-17-29)30-18-14-11-15-19-30;/h8-9,21-27,29-30H,10-20H2,1-7H3;/q;+2. The van der Waals surface area contributed by atoms with Gasteiger partial charge in [-0.3, -0.25) is 0 Å². The van der Waals surface area contributed by atoms with Gasteiger partial charge in [-0.25, -0.2) is 0 Å². The molecule has 2 aliphatic carbocycles. The molecule has 40 heavy (non-hydrogen) atoms. The van der Waals surface area contributed by atoms with Gasteiger partial charge in [0.25, 0.3) is 0 Å². The Bertz CT molecular complexity index is 1070. The largest absolute Gasteiger partial charge is 2.00 e. The van der Waals surface area contributed by atoms with Gasteiger partial charge in [0.15, 0.2) is 0 Å². The zero-order valence-corrected chi connectivity index (χ0v) is 29.5. The summed E-state index contributed by atoms with van der Waals surface area (Å²) in [7, 11) is -0.292. The summed E-state index contributed by atoms with van der Waals surface area (Å²) in [6.45, 7) is 16.4. The Hall–Kier alpha value is -0.438. The molecule has 222 valence electrons. The van der Waals surface area contributed by atoms with Gasteiger partial charge in [-0.1, -0.05) is 130 Å². The molecule has 0 unspecified atom stereocenters. The Morgan fingerprint density at radius 3 is 1.70 bits per heavy atom. The van der Waals surface area contributed by atoms with Crippen molar-refractivity contribution in [3.05, 3.63) is 63.7 Å². The second kappa shape index (κ2) is 15.9. The molecular formula is C37H54ClPPd+2. The van der Waals surface area contributed by atoms with Gasteiger partial charge >= 0.3 is 20.4 Å². The molecule has 2 aromatic carbocycles. The molecule has 0 bridgehead atoms. The first-order valence-corrected chi connectivity index (χ1v) is 18.0. The van der Waals surface area contributed by atoms with E-state index in [1.807, 2.05) is 0 Å². The quantitative estimate of drug-likeness (QED) is 0.141. The Morgan fingerprint density at radius 2 is 1.27 bits per heavy atom. The zero-order valence-electron chi connectivity index (χ0n) is 26.3. The molecule has 4 rings (SSSR count). The van der Waals surface area contributed by atoms with Crippen LogP contribution in [0.1, 0.15) is 153 Å². The molecule has 0 spiro atoms. The van der Waals surface area contributed by atoms with E-state index in [2.05, 4.69) is 84.9 Å². The van der Waals surface area contributed by atoms with E-state index in [0.29, 0.717) is 17.8 Å². The van der Waals surface area contributed by atoms with Gasteiger partial charge in [0.05, 0.1) is 0 Å². The van der Waals surface area contributed by atoms with Crippen molar-refractivity contribution in [1.82, 2.24) is 0 Å². The SMILES string of the molecule is CC=CCc1c(Cl)ccc(-c2c(C(C)C)cc(C(C)C)cc2C(C)C)c1P(C1CCCCC1)C1CCCCC1.[Pd+2]. The van der Waals surface area contributed by atoms with Crippen molar-refractivity contribution in [3.63, 3.8) is 0 Å². The topological polar surface area (TPSA) is 0 Å². The fraction of sp³-hybridized carbons (Fsp3) is 0.622. The maximum absolute atomic E-state index is 7.19. The summed E-state index contributed by atoms with van der Waals surface area (Å²) in [5, 5.41) is 2.68. The van der Waals surface area contributed by atoms with Gasteiger partial charge in [-0.15, -0.1) is 0 Å². The predicted octanol–water partition coefficient (Wildman–Crippen LogP) is 12.3. The van der Waals surface area contributed by atoms with E-state index < -0.39 is 0 Å². The van der Waals surface area contributed by atoms with Crippen LogP contribution in [0.3, 0.4) is 0 Å².